The van der Waals surface area contributed by atoms with E-state index in [-0.39, 0.29) is 12.6 Å². The van der Waals surface area contributed by atoms with Gasteiger partial charge in [0.2, 0.25) is 0 Å². The summed E-state index contributed by atoms with van der Waals surface area (Å²) in [6.45, 7) is 2.17. The summed E-state index contributed by atoms with van der Waals surface area (Å²) < 4.78 is 10.4. The number of benzene rings is 3. The van der Waals surface area contributed by atoms with Gasteiger partial charge in [-0.05, 0) is 41.5 Å². The van der Waals surface area contributed by atoms with Gasteiger partial charge >= 0.3 is 11.9 Å². The molecule has 0 bridgehead atoms. The molecule has 0 aliphatic heterocycles. The number of esters is 2. The van der Waals surface area contributed by atoms with E-state index in [0.29, 0.717) is 17.7 Å². The highest BCUT2D eigenvalue weighted by atomic mass is 16.5. The van der Waals surface area contributed by atoms with Gasteiger partial charge in [0.1, 0.15) is 6.61 Å². The van der Waals surface area contributed by atoms with Crippen LogP contribution in [0.25, 0.3) is 10.8 Å². The number of carbonyl (C=O) groups excluding carboxylic acids is 2. The van der Waals surface area contributed by atoms with Crippen molar-refractivity contribution >= 4 is 22.7 Å². The third kappa shape index (κ3) is 3.86. The highest BCUT2D eigenvalue weighted by Crippen LogP contribution is 2.20. The number of fused-ring (bicyclic) bond motifs is 1. The minimum Gasteiger partial charge on any atom is -0.462 e. The molecule has 0 atom stereocenters. The second-order valence-corrected chi connectivity index (χ2v) is 5.52. The molecule has 3 aromatic carbocycles. The molecule has 0 unspecified atom stereocenters. The minimum atomic E-state index is -0.390. The highest BCUT2D eigenvalue weighted by Gasteiger charge is 2.12. The molecule has 0 saturated carbocycles. The average molecular weight is 334 g/mol. The van der Waals surface area contributed by atoms with Crippen molar-refractivity contribution in [3.05, 3.63) is 83.4 Å². The van der Waals surface area contributed by atoms with Crippen molar-refractivity contribution in [3.8, 4) is 0 Å². The van der Waals surface area contributed by atoms with Crippen LogP contribution in [0.15, 0.2) is 66.7 Å². The lowest BCUT2D eigenvalue weighted by atomic mass is 10.0. The fourth-order valence-electron chi connectivity index (χ4n) is 2.63. The van der Waals surface area contributed by atoms with Crippen molar-refractivity contribution in [2.75, 3.05) is 6.61 Å². The molecule has 0 N–H and O–H groups in total. The van der Waals surface area contributed by atoms with Crippen molar-refractivity contribution in [3.63, 3.8) is 0 Å². The first-order chi connectivity index (χ1) is 12.2. The second kappa shape index (κ2) is 7.62. The van der Waals surface area contributed by atoms with Crippen molar-refractivity contribution in [2.24, 2.45) is 0 Å². The molecule has 25 heavy (non-hydrogen) atoms. The average Bonchev–Trinajstić information content (AvgIpc) is 2.66. The van der Waals surface area contributed by atoms with Gasteiger partial charge in [0.05, 0.1) is 17.7 Å². The van der Waals surface area contributed by atoms with E-state index < -0.39 is 5.97 Å². The molecule has 0 aliphatic rings. The summed E-state index contributed by atoms with van der Waals surface area (Å²) in [6.07, 6.45) is 0. The van der Waals surface area contributed by atoms with Crippen LogP contribution in [-0.4, -0.2) is 18.5 Å². The second-order valence-electron chi connectivity index (χ2n) is 5.52. The monoisotopic (exact) mass is 334 g/mol. The van der Waals surface area contributed by atoms with Crippen LogP contribution in [0.2, 0.25) is 0 Å². The molecule has 0 heterocycles. The Kier molecular flexibility index (Phi) is 5.09. The Morgan fingerprint density at radius 2 is 1.60 bits per heavy atom. The Hall–Kier alpha value is -3.14. The summed E-state index contributed by atoms with van der Waals surface area (Å²) in [5.41, 5.74) is 1.71. The molecule has 3 aromatic rings. The zero-order chi connectivity index (χ0) is 17.6. The molecule has 0 radical (unpaired) electrons. The maximum Gasteiger partial charge on any atom is 0.339 e. The SMILES string of the molecule is CCOC(=O)c1cccc(COC(=O)c2cccc3ccccc23)c1. The summed E-state index contributed by atoms with van der Waals surface area (Å²) in [5.74, 6) is -0.775. The topological polar surface area (TPSA) is 52.6 Å². The molecule has 3 rings (SSSR count). The van der Waals surface area contributed by atoms with Crippen LogP contribution in [0.1, 0.15) is 33.2 Å². The first-order valence-electron chi connectivity index (χ1n) is 8.10. The molecule has 126 valence electrons. The molecule has 0 aliphatic carbocycles. The number of hydrogen-bond donors (Lipinski definition) is 0. The van der Waals surface area contributed by atoms with Crippen LogP contribution in [0, 0.1) is 0 Å². The molecule has 0 amide bonds. The van der Waals surface area contributed by atoms with Crippen molar-refractivity contribution in [1.82, 2.24) is 0 Å². The normalized spacial score (nSPS) is 10.4. The lowest BCUT2D eigenvalue weighted by molar-refractivity contribution is 0.0475. The Balaban J connectivity index is 1.74. The van der Waals surface area contributed by atoms with Crippen molar-refractivity contribution in [1.29, 1.82) is 0 Å². The van der Waals surface area contributed by atoms with E-state index in [1.165, 1.54) is 0 Å². The van der Waals surface area contributed by atoms with E-state index in [4.69, 9.17) is 9.47 Å². The van der Waals surface area contributed by atoms with Gasteiger partial charge in [0.25, 0.3) is 0 Å². The standard InChI is InChI=1S/C21H18O4/c1-2-24-20(22)17-10-5-7-15(13-17)14-25-21(23)19-12-6-9-16-8-3-4-11-18(16)19/h3-13H,2,14H2,1H3. The summed E-state index contributed by atoms with van der Waals surface area (Å²) in [4.78, 5) is 24.2. The number of hydrogen-bond acceptors (Lipinski definition) is 4. The predicted molar refractivity (Wildman–Crippen MR) is 95.5 cm³/mol. The van der Waals surface area contributed by atoms with Crippen LogP contribution < -0.4 is 0 Å². The van der Waals surface area contributed by atoms with E-state index in [0.717, 1.165) is 16.3 Å². The maximum atomic E-state index is 12.4. The van der Waals surface area contributed by atoms with Gasteiger partial charge in [0, 0.05) is 0 Å². The van der Waals surface area contributed by atoms with Crippen molar-refractivity contribution < 1.29 is 19.1 Å². The number of ether oxygens (including phenoxy) is 2. The van der Waals surface area contributed by atoms with Gasteiger partial charge in [-0.1, -0.05) is 48.5 Å². The van der Waals surface area contributed by atoms with Gasteiger partial charge < -0.3 is 9.47 Å². The quantitative estimate of drug-likeness (QED) is 0.650. The zero-order valence-corrected chi connectivity index (χ0v) is 13.9. The first-order valence-corrected chi connectivity index (χ1v) is 8.10. The maximum absolute atomic E-state index is 12.4. The van der Waals surface area contributed by atoms with E-state index in [2.05, 4.69) is 0 Å². The Labute approximate surface area is 146 Å². The Morgan fingerprint density at radius 1 is 0.840 bits per heavy atom. The molecule has 4 heteroatoms. The largest absolute Gasteiger partial charge is 0.462 e. The Morgan fingerprint density at radius 3 is 2.44 bits per heavy atom. The molecular weight excluding hydrogens is 316 g/mol. The van der Waals surface area contributed by atoms with Crippen molar-refractivity contribution in [2.45, 2.75) is 13.5 Å². The summed E-state index contributed by atoms with van der Waals surface area (Å²) >= 11 is 0. The predicted octanol–water partition coefficient (Wildman–Crippen LogP) is 4.37. The van der Waals surface area contributed by atoms with E-state index in [1.54, 1.807) is 37.3 Å². The summed E-state index contributed by atoms with van der Waals surface area (Å²) in [6, 6.07) is 20.1. The van der Waals surface area contributed by atoms with Crippen LogP contribution in [-0.2, 0) is 16.1 Å². The van der Waals surface area contributed by atoms with E-state index in [9.17, 15) is 9.59 Å². The lowest BCUT2D eigenvalue weighted by Crippen LogP contribution is -2.08. The lowest BCUT2D eigenvalue weighted by Gasteiger charge is -2.09. The zero-order valence-electron chi connectivity index (χ0n) is 13.9. The van der Waals surface area contributed by atoms with Gasteiger partial charge in [-0.3, -0.25) is 0 Å². The molecule has 0 saturated heterocycles. The number of carbonyl (C=O) groups is 2. The third-order valence-electron chi connectivity index (χ3n) is 3.82. The highest BCUT2D eigenvalue weighted by molar-refractivity contribution is 6.04. The third-order valence-corrected chi connectivity index (χ3v) is 3.82. The van der Waals surface area contributed by atoms with Gasteiger partial charge in [-0.2, -0.15) is 0 Å². The van der Waals surface area contributed by atoms with Crippen LogP contribution in [0.4, 0.5) is 0 Å². The molecular formula is C21H18O4. The smallest absolute Gasteiger partial charge is 0.339 e. The fraction of sp³-hybridized carbons (Fsp3) is 0.143. The van der Waals surface area contributed by atoms with E-state index >= 15 is 0 Å². The fourth-order valence-corrected chi connectivity index (χ4v) is 2.63. The van der Waals surface area contributed by atoms with Crippen LogP contribution in [0.5, 0.6) is 0 Å². The summed E-state index contributed by atoms with van der Waals surface area (Å²) in [5, 5.41) is 1.84. The Bertz CT molecular complexity index is 909. The van der Waals surface area contributed by atoms with Crippen LogP contribution in [0.3, 0.4) is 0 Å². The molecule has 0 aromatic heterocycles. The summed E-state index contributed by atoms with van der Waals surface area (Å²) in [7, 11) is 0. The minimum absolute atomic E-state index is 0.0926. The van der Waals surface area contributed by atoms with E-state index in [1.807, 2.05) is 36.4 Å². The van der Waals surface area contributed by atoms with Crippen LogP contribution >= 0.6 is 0 Å². The number of rotatable bonds is 5. The molecule has 4 nitrogen and oxygen atoms in total. The molecule has 0 fully saturated rings. The van der Waals surface area contributed by atoms with Gasteiger partial charge in [-0.25, -0.2) is 9.59 Å². The van der Waals surface area contributed by atoms with Gasteiger partial charge in [0.15, 0.2) is 0 Å². The van der Waals surface area contributed by atoms with Gasteiger partial charge in [-0.15, -0.1) is 0 Å². The molecule has 0 spiro atoms. The first kappa shape index (κ1) is 16.7.